The second-order valence-electron chi connectivity index (χ2n) is 4.70. The number of hydrogen-bond acceptors (Lipinski definition) is 2. The standard InChI is InChI=1S/C12H13ClN2OS/c1-12(5-6-16-7-12)15-9-4-2-3-8(13)10(9)14-11(15)17/h2-4H,5-7H2,1H3,(H,14,17). The van der Waals surface area contributed by atoms with Crippen LogP contribution in [0.5, 0.6) is 0 Å². The van der Waals surface area contributed by atoms with Gasteiger partial charge in [-0.15, -0.1) is 0 Å². The van der Waals surface area contributed by atoms with E-state index in [4.69, 9.17) is 28.6 Å². The molecule has 1 N–H and O–H groups in total. The minimum Gasteiger partial charge on any atom is -0.379 e. The lowest BCUT2D eigenvalue weighted by molar-refractivity contribution is 0.162. The molecular formula is C12H13ClN2OS. The van der Waals surface area contributed by atoms with Crippen LogP contribution >= 0.6 is 23.8 Å². The zero-order valence-corrected chi connectivity index (χ0v) is 11.1. The molecule has 2 aromatic rings. The van der Waals surface area contributed by atoms with E-state index in [1.165, 1.54) is 0 Å². The smallest absolute Gasteiger partial charge is 0.178 e. The number of fused-ring (bicyclic) bond motifs is 1. The van der Waals surface area contributed by atoms with Crippen LogP contribution in [-0.4, -0.2) is 22.8 Å². The van der Waals surface area contributed by atoms with E-state index in [9.17, 15) is 0 Å². The number of H-pyrrole nitrogens is 1. The van der Waals surface area contributed by atoms with Gasteiger partial charge in [0.25, 0.3) is 0 Å². The number of para-hydroxylation sites is 1. The molecule has 1 aromatic heterocycles. The second kappa shape index (κ2) is 3.83. The van der Waals surface area contributed by atoms with E-state index in [2.05, 4.69) is 16.5 Å². The van der Waals surface area contributed by atoms with Crippen LogP contribution in [0, 0.1) is 4.77 Å². The van der Waals surface area contributed by atoms with Gasteiger partial charge in [-0.1, -0.05) is 17.7 Å². The fraction of sp³-hybridized carbons (Fsp3) is 0.417. The van der Waals surface area contributed by atoms with Crippen molar-refractivity contribution >= 4 is 34.9 Å². The predicted molar refractivity (Wildman–Crippen MR) is 71.2 cm³/mol. The number of aromatic amines is 1. The molecule has 1 aromatic carbocycles. The normalized spacial score (nSPS) is 24.6. The molecule has 0 radical (unpaired) electrons. The maximum Gasteiger partial charge on any atom is 0.178 e. The number of imidazole rings is 1. The van der Waals surface area contributed by atoms with Crippen molar-refractivity contribution in [3.05, 3.63) is 28.0 Å². The number of aromatic nitrogens is 2. The van der Waals surface area contributed by atoms with Gasteiger partial charge in [0, 0.05) is 6.61 Å². The molecule has 0 saturated carbocycles. The van der Waals surface area contributed by atoms with E-state index in [0.717, 1.165) is 24.1 Å². The summed E-state index contributed by atoms with van der Waals surface area (Å²) in [6, 6.07) is 5.85. The summed E-state index contributed by atoms with van der Waals surface area (Å²) in [4.78, 5) is 3.19. The van der Waals surface area contributed by atoms with Crippen molar-refractivity contribution in [2.45, 2.75) is 18.9 Å². The van der Waals surface area contributed by atoms with E-state index in [-0.39, 0.29) is 5.54 Å². The second-order valence-corrected chi connectivity index (χ2v) is 5.49. The maximum atomic E-state index is 6.17. The van der Waals surface area contributed by atoms with Crippen LogP contribution < -0.4 is 0 Å². The third-order valence-electron chi connectivity index (χ3n) is 3.41. The number of halogens is 1. The van der Waals surface area contributed by atoms with Gasteiger partial charge in [-0.2, -0.15) is 0 Å². The minimum absolute atomic E-state index is 0.0694. The molecule has 2 heterocycles. The Morgan fingerprint density at radius 2 is 2.35 bits per heavy atom. The Morgan fingerprint density at radius 1 is 1.53 bits per heavy atom. The molecular weight excluding hydrogens is 256 g/mol. The number of nitrogens with one attached hydrogen (secondary N) is 1. The van der Waals surface area contributed by atoms with Crippen molar-refractivity contribution in [3.63, 3.8) is 0 Å². The van der Waals surface area contributed by atoms with Gasteiger partial charge >= 0.3 is 0 Å². The first-order chi connectivity index (χ1) is 8.12. The molecule has 0 spiro atoms. The summed E-state index contributed by atoms with van der Waals surface area (Å²) < 4.78 is 8.35. The Bertz CT molecular complexity index is 625. The SMILES string of the molecule is CC1(n2c(=S)[nH]c3c(Cl)cccc32)CCOC1. The number of ether oxygens (including phenoxy) is 1. The molecule has 90 valence electrons. The zero-order chi connectivity index (χ0) is 12.0. The molecule has 1 fully saturated rings. The van der Waals surface area contributed by atoms with E-state index in [1.54, 1.807) is 0 Å². The van der Waals surface area contributed by atoms with Crippen LogP contribution in [0.3, 0.4) is 0 Å². The summed E-state index contributed by atoms with van der Waals surface area (Å²) in [5.74, 6) is 0. The molecule has 1 aliphatic heterocycles. The molecule has 1 atom stereocenters. The van der Waals surface area contributed by atoms with Crippen LogP contribution in [0.15, 0.2) is 18.2 Å². The summed E-state index contributed by atoms with van der Waals surface area (Å²) >= 11 is 11.6. The van der Waals surface area contributed by atoms with E-state index in [1.807, 2.05) is 18.2 Å². The monoisotopic (exact) mass is 268 g/mol. The first kappa shape index (κ1) is 11.3. The number of hydrogen-bond donors (Lipinski definition) is 1. The van der Waals surface area contributed by atoms with Gasteiger partial charge < -0.3 is 14.3 Å². The Labute approximate surface area is 109 Å². The van der Waals surface area contributed by atoms with Gasteiger partial charge in [-0.05, 0) is 37.7 Å². The van der Waals surface area contributed by atoms with Crippen LogP contribution in [0.4, 0.5) is 0 Å². The quantitative estimate of drug-likeness (QED) is 0.803. The lowest BCUT2D eigenvalue weighted by Gasteiger charge is -2.24. The number of benzene rings is 1. The Balaban J connectivity index is 2.33. The molecule has 1 saturated heterocycles. The van der Waals surface area contributed by atoms with Gasteiger partial charge in [-0.3, -0.25) is 0 Å². The summed E-state index contributed by atoms with van der Waals surface area (Å²) in [5, 5.41) is 0.704. The van der Waals surface area contributed by atoms with Crippen molar-refractivity contribution in [1.29, 1.82) is 0 Å². The first-order valence-corrected chi connectivity index (χ1v) is 6.38. The number of nitrogens with zero attached hydrogens (tertiary/aromatic N) is 1. The van der Waals surface area contributed by atoms with E-state index >= 15 is 0 Å². The van der Waals surface area contributed by atoms with E-state index < -0.39 is 0 Å². The molecule has 17 heavy (non-hydrogen) atoms. The highest BCUT2D eigenvalue weighted by Crippen LogP contribution is 2.32. The zero-order valence-electron chi connectivity index (χ0n) is 9.50. The largest absolute Gasteiger partial charge is 0.379 e. The Hall–Kier alpha value is -0.840. The van der Waals surface area contributed by atoms with Crippen molar-refractivity contribution < 1.29 is 4.74 Å². The molecule has 0 aliphatic carbocycles. The molecule has 0 bridgehead atoms. The maximum absolute atomic E-state index is 6.17. The summed E-state index contributed by atoms with van der Waals surface area (Å²) in [6.07, 6.45) is 0.973. The van der Waals surface area contributed by atoms with Crippen molar-refractivity contribution in [2.24, 2.45) is 0 Å². The van der Waals surface area contributed by atoms with Crippen LogP contribution in [0.1, 0.15) is 13.3 Å². The summed E-state index contributed by atoms with van der Waals surface area (Å²) in [6.45, 7) is 3.65. The molecule has 1 unspecified atom stereocenters. The molecule has 0 amide bonds. The lowest BCUT2D eigenvalue weighted by Crippen LogP contribution is -2.30. The average molecular weight is 269 g/mol. The van der Waals surface area contributed by atoms with Gasteiger partial charge in [0.1, 0.15) is 0 Å². The fourth-order valence-electron chi connectivity index (χ4n) is 2.46. The molecule has 1 aliphatic rings. The molecule has 5 heteroatoms. The van der Waals surface area contributed by atoms with Crippen molar-refractivity contribution in [2.75, 3.05) is 13.2 Å². The molecule has 3 nitrogen and oxygen atoms in total. The average Bonchev–Trinajstić information content (AvgIpc) is 2.83. The summed E-state index contributed by atoms with van der Waals surface area (Å²) in [7, 11) is 0. The Kier molecular flexibility index (Phi) is 2.54. The Morgan fingerprint density at radius 3 is 3.06 bits per heavy atom. The van der Waals surface area contributed by atoms with Gasteiger partial charge in [0.15, 0.2) is 4.77 Å². The highest BCUT2D eigenvalue weighted by molar-refractivity contribution is 7.71. The summed E-state index contributed by atoms with van der Waals surface area (Å²) in [5.41, 5.74) is 1.89. The van der Waals surface area contributed by atoms with Crippen LogP contribution in [-0.2, 0) is 10.3 Å². The number of rotatable bonds is 1. The third kappa shape index (κ3) is 1.63. The van der Waals surface area contributed by atoms with Gasteiger partial charge in [0.2, 0.25) is 0 Å². The van der Waals surface area contributed by atoms with Crippen LogP contribution in [0.25, 0.3) is 11.0 Å². The highest BCUT2D eigenvalue weighted by atomic mass is 35.5. The lowest BCUT2D eigenvalue weighted by atomic mass is 10.0. The first-order valence-electron chi connectivity index (χ1n) is 5.59. The van der Waals surface area contributed by atoms with Crippen molar-refractivity contribution in [1.82, 2.24) is 9.55 Å². The topological polar surface area (TPSA) is 29.9 Å². The third-order valence-corrected chi connectivity index (χ3v) is 4.00. The van der Waals surface area contributed by atoms with E-state index in [0.29, 0.717) is 16.4 Å². The minimum atomic E-state index is -0.0694. The highest BCUT2D eigenvalue weighted by Gasteiger charge is 2.33. The van der Waals surface area contributed by atoms with Crippen molar-refractivity contribution in [3.8, 4) is 0 Å². The van der Waals surface area contributed by atoms with Gasteiger partial charge in [-0.25, -0.2) is 0 Å². The predicted octanol–water partition coefficient (Wildman–Crippen LogP) is 3.49. The van der Waals surface area contributed by atoms with Crippen LogP contribution in [0.2, 0.25) is 5.02 Å². The van der Waals surface area contributed by atoms with Gasteiger partial charge in [0.05, 0.1) is 28.2 Å². The fourth-order valence-corrected chi connectivity index (χ4v) is 3.10. The molecule has 3 rings (SSSR count).